The van der Waals surface area contributed by atoms with E-state index >= 15 is 0 Å². The summed E-state index contributed by atoms with van der Waals surface area (Å²) in [6.45, 7) is 0. The summed E-state index contributed by atoms with van der Waals surface area (Å²) in [5, 5.41) is 6.07. The van der Waals surface area contributed by atoms with E-state index in [9.17, 15) is 4.79 Å². The minimum Gasteiger partial charge on any atom is -0.399 e. The number of nitrogens with one attached hydrogen (secondary N) is 2. The molecule has 0 fully saturated rings. The van der Waals surface area contributed by atoms with E-state index in [0.717, 1.165) is 11.4 Å². The van der Waals surface area contributed by atoms with Crippen LogP contribution in [0, 0.1) is 0 Å². The van der Waals surface area contributed by atoms with Crippen LogP contribution >= 0.6 is 0 Å². The Hall–Kier alpha value is -3.34. The molecule has 0 saturated carbocycles. The van der Waals surface area contributed by atoms with Gasteiger partial charge in [0.2, 0.25) is 0 Å². The second kappa shape index (κ2) is 6.62. The Morgan fingerprint density at radius 3 is 2.00 bits per heavy atom. The van der Waals surface area contributed by atoms with Crippen LogP contribution in [0.15, 0.2) is 73.1 Å². The molecule has 0 saturated heterocycles. The summed E-state index contributed by atoms with van der Waals surface area (Å²) in [5.74, 6) is -0.162. The number of nitrogen functional groups attached to an aromatic ring is 1. The maximum atomic E-state index is 12.2. The van der Waals surface area contributed by atoms with Crippen molar-refractivity contribution in [1.29, 1.82) is 0 Å². The smallest absolute Gasteiger partial charge is 0.255 e. The van der Waals surface area contributed by atoms with Crippen molar-refractivity contribution in [2.45, 2.75) is 0 Å². The Balaban J connectivity index is 1.66. The van der Waals surface area contributed by atoms with Crippen molar-refractivity contribution in [3.8, 4) is 0 Å². The fourth-order valence-electron chi connectivity index (χ4n) is 2.08. The third kappa shape index (κ3) is 3.85. The monoisotopic (exact) mass is 304 g/mol. The highest BCUT2D eigenvalue weighted by Gasteiger charge is 2.06. The van der Waals surface area contributed by atoms with E-state index in [4.69, 9.17) is 5.73 Å². The molecule has 114 valence electrons. The number of carbonyl (C=O) groups is 1. The molecule has 0 unspecified atom stereocenters. The molecule has 2 aromatic carbocycles. The molecule has 5 nitrogen and oxygen atoms in total. The van der Waals surface area contributed by atoms with Crippen molar-refractivity contribution in [1.82, 2.24) is 4.98 Å². The van der Waals surface area contributed by atoms with Gasteiger partial charge in [-0.25, -0.2) is 0 Å². The van der Waals surface area contributed by atoms with Crippen molar-refractivity contribution >= 4 is 28.7 Å². The van der Waals surface area contributed by atoms with Gasteiger partial charge in [0, 0.05) is 40.7 Å². The number of hydrogen-bond donors (Lipinski definition) is 3. The first kappa shape index (κ1) is 14.6. The zero-order chi connectivity index (χ0) is 16.1. The van der Waals surface area contributed by atoms with E-state index in [0.29, 0.717) is 16.9 Å². The molecular formula is C18H16N4O. The van der Waals surface area contributed by atoms with E-state index in [1.165, 1.54) is 0 Å². The Labute approximate surface area is 134 Å². The highest BCUT2D eigenvalue weighted by Crippen LogP contribution is 2.17. The number of hydrogen-bond acceptors (Lipinski definition) is 4. The number of rotatable bonds is 4. The lowest BCUT2D eigenvalue weighted by atomic mass is 10.2. The van der Waals surface area contributed by atoms with Gasteiger partial charge in [-0.1, -0.05) is 0 Å². The number of nitrogens with two attached hydrogens (primary N) is 1. The van der Waals surface area contributed by atoms with Gasteiger partial charge in [-0.15, -0.1) is 0 Å². The van der Waals surface area contributed by atoms with Crippen LogP contribution in [0.25, 0.3) is 0 Å². The van der Waals surface area contributed by atoms with Crippen LogP contribution in [0.4, 0.5) is 22.7 Å². The molecule has 1 aromatic heterocycles. The number of anilines is 4. The van der Waals surface area contributed by atoms with E-state index in [1.54, 1.807) is 48.8 Å². The van der Waals surface area contributed by atoms with Crippen LogP contribution < -0.4 is 16.4 Å². The molecule has 0 bridgehead atoms. The molecule has 0 aliphatic rings. The predicted molar refractivity (Wildman–Crippen MR) is 92.8 cm³/mol. The van der Waals surface area contributed by atoms with Gasteiger partial charge in [0.05, 0.1) is 0 Å². The molecule has 23 heavy (non-hydrogen) atoms. The van der Waals surface area contributed by atoms with Crippen molar-refractivity contribution in [3.05, 3.63) is 78.6 Å². The Kier molecular flexibility index (Phi) is 4.20. The highest BCUT2D eigenvalue weighted by molar-refractivity contribution is 6.04. The zero-order valence-corrected chi connectivity index (χ0v) is 12.4. The van der Waals surface area contributed by atoms with Gasteiger partial charge in [-0.3, -0.25) is 9.78 Å². The molecule has 5 heteroatoms. The van der Waals surface area contributed by atoms with E-state index in [2.05, 4.69) is 15.6 Å². The van der Waals surface area contributed by atoms with E-state index in [-0.39, 0.29) is 5.91 Å². The number of aromatic nitrogens is 1. The first-order valence-corrected chi connectivity index (χ1v) is 7.15. The first-order chi connectivity index (χ1) is 11.2. The van der Waals surface area contributed by atoms with Crippen molar-refractivity contribution in [3.63, 3.8) is 0 Å². The quantitative estimate of drug-likeness (QED) is 0.643. The lowest BCUT2D eigenvalue weighted by molar-refractivity contribution is 0.102. The van der Waals surface area contributed by atoms with Gasteiger partial charge in [-0.2, -0.15) is 0 Å². The Morgan fingerprint density at radius 1 is 0.783 bits per heavy atom. The number of carbonyl (C=O) groups excluding carboxylic acids is 1. The second-order valence-electron chi connectivity index (χ2n) is 5.01. The average Bonchev–Trinajstić information content (AvgIpc) is 2.58. The number of nitrogens with zero attached hydrogens (tertiary/aromatic N) is 1. The highest BCUT2D eigenvalue weighted by atomic mass is 16.1. The van der Waals surface area contributed by atoms with Crippen molar-refractivity contribution in [2.75, 3.05) is 16.4 Å². The first-order valence-electron chi connectivity index (χ1n) is 7.15. The topological polar surface area (TPSA) is 80.0 Å². The third-order valence-corrected chi connectivity index (χ3v) is 3.28. The van der Waals surface area contributed by atoms with Gasteiger partial charge in [-0.05, 0) is 60.7 Å². The fraction of sp³-hybridized carbons (Fsp3) is 0. The molecule has 4 N–H and O–H groups in total. The normalized spacial score (nSPS) is 10.1. The molecule has 3 rings (SSSR count). The number of amides is 1. The lowest BCUT2D eigenvalue weighted by Crippen LogP contribution is -2.11. The summed E-state index contributed by atoms with van der Waals surface area (Å²) < 4.78 is 0. The molecule has 0 aliphatic carbocycles. The maximum absolute atomic E-state index is 12.2. The molecule has 1 heterocycles. The van der Waals surface area contributed by atoms with Crippen LogP contribution in [0.1, 0.15) is 10.4 Å². The average molecular weight is 304 g/mol. The van der Waals surface area contributed by atoms with Crippen molar-refractivity contribution in [2.24, 2.45) is 0 Å². The molecular weight excluding hydrogens is 288 g/mol. The minimum atomic E-state index is -0.162. The van der Waals surface area contributed by atoms with Gasteiger partial charge in [0.25, 0.3) is 5.91 Å². The predicted octanol–water partition coefficient (Wildman–Crippen LogP) is 3.66. The van der Waals surface area contributed by atoms with Gasteiger partial charge < -0.3 is 16.4 Å². The summed E-state index contributed by atoms with van der Waals surface area (Å²) in [6.07, 6.45) is 3.44. The van der Waals surface area contributed by atoms with E-state index in [1.807, 2.05) is 24.3 Å². The van der Waals surface area contributed by atoms with E-state index < -0.39 is 0 Å². The van der Waals surface area contributed by atoms with Crippen LogP contribution in [0.2, 0.25) is 0 Å². The van der Waals surface area contributed by atoms with Crippen molar-refractivity contribution < 1.29 is 4.79 Å². The summed E-state index contributed by atoms with van der Waals surface area (Å²) >= 11 is 0. The Morgan fingerprint density at radius 2 is 1.35 bits per heavy atom. The number of pyridine rings is 1. The SMILES string of the molecule is Nc1ccc(NC(=O)c2ccc(Nc3ccncc3)cc2)cc1. The van der Waals surface area contributed by atoms with Crippen LogP contribution in [0.5, 0.6) is 0 Å². The van der Waals surface area contributed by atoms with Crippen LogP contribution in [-0.4, -0.2) is 10.9 Å². The number of benzene rings is 2. The lowest BCUT2D eigenvalue weighted by Gasteiger charge is -2.08. The maximum Gasteiger partial charge on any atom is 0.255 e. The van der Waals surface area contributed by atoms with Crippen LogP contribution in [-0.2, 0) is 0 Å². The Bertz CT molecular complexity index is 784. The van der Waals surface area contributed by atoms with Crippen LogP contribution in [0.3, 0.4) is 0 Å². The summed E-state index contributed by atoms with van der Waals surface area (Å²) in [4.78, 5) is 16.2. The zero-order valence-electron chi connectivity index (χ0n) is 12.4. The minimum absolute atomic E-state index is 0.162. The van der Waals surface area contributed by atoms with Gasteiger partial charge in [0.15, 0.2) is 0 Å². The molecule has 0 spiro atoms. The summed E-state index contributed by atoms with van der Waals surface area (Å²) in [6, 6.07) is 18.1. The van der Waals surface area contributed by atoms with Gasteiger partial charge >= 0.3 is 0 Å². The fourth-order valence-corrected chi connectivity index (χ4v) is 2.08. The standard InChI is InChI=1S/C18H16N4O/c19-14-3-7-16(8-4-14)22-18(23)13-1-5-15(6-2-13)21-17-9-11-20-12-10-17/h1-12H,19H2,(H,20,21)(H,22,23). The van der Waals surface area contributed by atoms with Gasteiger partial charge in [0.1, 0.15) is 0 Å². The molecule has 0 radical (unpaired) electrons. The molecule has 1 amide bonds. The molecule has 3 aromatic rings. The largest absolute Gasteiger partial charge is 0.399 e. The second-order valence-corrected chi connectivity index (χ2v) is 5.01. The summed E-state index contributed by atoms with van der Waals surface area (Å²) in [7, 11) is 0. The molecule has 0 atom stereocenters. The summed E-state index contributed by atoms with van der Waals surface area (Å²) in [5.41, 5.74) is 9.43. The molecule has 0 aliphatic heterocycles. The third-order valence-electron chi connectivity index (χ3n) is 3.28.